The summed E-state index contributed by atoms with van der Waals surface area (Å²) in [4.78, 5) is 2.64. The van der Waals surface area contributed by atoms with Crippen LogP contribution in [0.3, 0.4) is 0 Å². The molecule has 1 saturated heterocycles. The van der Waals surface area contributed by atoms with Crippen molar-refractivity contribution < 1.29 is 14.0 Å². The van der Waals surface area contributed by atoms with Gasteiger partial charge in [0.1, 0.15) is 0 Å². The number of methoxy groups -OCH3 is 1. The molecular weight excluding hydrogens is 486 g/mol. The van der Waals surface area contributed by atoms with Crippen LogP contribution in [-0.4, -0.2) is 73.7 Å². The van der Waals surface area contributed by atoms with Crippen molar-refractivity contribution >= 4 is 33.4 Å². The lowest BCUT2D eigenvalue weighted by Gasteiger charge is -2.26. The number of aromatic nitrogens is 1. The minimum absolute atomic E-state index is 0.219. The van der Waals surface area contributed by atoms with Crippen LogP contribution in [0.25, 0.3) is 27.6 Å². The summed E-state index contributed by atoms with van der Waals surface area (Å²) in [6.45, 7) is 8.21. The summed E-state index contributed by atoms with van der Waals surface area (Å²) < 4.78 is 27.9. The number of hydrogen-bond acceptors (Lipinski definition) is 7. The van der Waals surface area contributed by atoms with Gasteiger partial charge in [-0.25, -0.2) is 0 Å². The molecule has 196 valence electrons. The monoisotopic (exact) mass is 521 g/mol. The third kappa shape index (κ3) is 6.73. The summed E-state index contributed by atoms with van der Waals surface area (Å²) in [6.07, 6.45) is 0. The van der Waals surface area contributed by atoms with Gasteiger partial charge in [0.2, 0.25) is 0 Å². The van der Waals surface area contributed by atoms with Gasteiger partial charge >= 0.3 is 0 Å². The normalized spacial score (nSPS) is 15.9. The molecule has 1 aliphatic heterocycles. The van der Waals surface area contributed by atoms with Crippen LogP contribution in [0, 0.1) is 11.3 Å². The molecule has 0 saturated carbocycles. The maximum atomic E-state index is 12.6. The Morgan fingerprint density at radius 1 is 1.11 bits per heavy atom. The van der Waals surface area contributed by atoms with E-state index < -0.39 is 11.4 Å². The summed E-state index contributed by atoms with van der Waals surface area (Å²) in [6, 6.07) is 19.0. The van der Waals surface area contributed by atoms with E-state index in [9.17, 15) is 9.81 Å². The lowest BCUT2D eigenvalue weighted by atomic mass is 10.0. The maximum Gasteiger partial charge on any atom is 0.255 e. The van der Waals surface area contributed by atoms with E-state index in [1.54, 1.807) is 7.11 Å². The van der Waals surface area contributed by atoms with Crippen molar-refractivity contribution in [3.63, 3.8) is 0 Å². The van der Waals surface area contributed by atoms with Gasteiger partial charge in [0.05, 0.1) is 37.7 Å². The van der Waals surface area contributed by atoms with Crippen LogP contribution in [0.5, 0.6) is 0 Å². The number of ether oxygens (including phenoxy) is 2. The number of nitriles is 1. The van der Waals surface area contributed by atoms with Crippen LogP contribution in [0.1, 0.15) is 12.6 Å². The van der Waals surface area contributed by atoms with Crippen molar-refractivity contribution in [3.8, 4) is 17.3 Å². The summed E-state index contributed by atoms with van der Waals surface area (Å²) in [5.41, 5.74) is 4.77. The van der Waals surface area contributed by atoms with Crippen molar-refractivity contribution in [2.24, 2.45) is 7.05 Å². The Labute approximate surface area is 222 Å². The summed E-state index contributed by atoms with van der Waals surface area (Å²) >= 11 is -1.60. The summed E-state index contributed by atoms with van der Waals surface area (Å²) in [5.74, 6) is 0. The second-order valence-corrected chi connectivity index (χ2v) is 10.3. The van der Waals surface area contributed by atoms with Crippen LogP contribution in [0.2, 0.25) is 0 Å². The second kappa shape index (κ2) is 13.1. The van der Waals surface area contributed by atoms with Crippen molar-refractivity contribution in [1.82, 2.24) is 14.2 Å². The van der Waals surface area contributed by atoms with Gasteiger partial charge < -0.3 is 23.9 Å². The SMILES string of the molecule is COCCN[S+]([O-])/C(C#N)=C(\C)c1ccc(-c2ccc3cc(NCCN4CCOCC4)ccc3c2)n1C. The van der Waals surface area contributed by atoms with Crippen LogP contribution >= 0.6 is 0 Å². The quantitative estimate of drug-likeness (QED) is 0.225. The molecule has 0 amide bonds. The van der Waals surface area contributed by atoms with E-state index in [4.69, 9.17) is 9.47 Å². The van der Waals surface area contributed by atoms with Crippen molar-refractivity contribution in [2.75, 3.05) is 65.0 Å². The van der Waals surface area contributed by atoms with E-state index in [1.165, 1.54) is 5.39 Å². The third-order valence-corrected chi connectivity index (χ3v) is 7.90. The highest BCUT2D eigenvalue weighted by atomic mass is 32.2. The van der Waals surface area contributed by atoms with Gasteiger partial charge in [-0.1, -0.05) is 18.2 Å². The zero-order valence-electron chi connectivity index (χ0n) is 21.8. The van der Waals surface area contributed by atoms with Gasteiger partial charge in [-0.05, 0) is 53.6 Å². The minimum Gasteiger partial charge on any atom is -0.592 e. The summed E-state index contributed by atoms with van der Waals surface area (Å²) in [7, 11) is 3.55. The standard InChI is InChI=1S/C28H35N5O3S/c1-21(28(20-29)37(34)31-11-15-35-3)26-8-9-27(32(26)2)24-5-4-23-19-25(7-6-22(23)18-24)30-10-12-33-13-16-36-17-14-33/h4-9,18-19,30-31H,10-17H2,1-3H3/b28-21+. The molecule has 8 nitrogen and oxygen atoms in total. The molecule has 0 spiro atoms. The minimum atomic E-state index is -1.60. The van der Waals surface area contributed by atoms with Crippen LogP contribution in [0.4, 0.5) is 5.69 Å². The van der Waals surface area contributed by atoms with E-state index >= 15 is 0 Å². The number of morpholine rings is 1. The van der Waals surface area contributed by atoms with Crippen molar-refractivity contribution in [3.05, 3.63) is 59.1 Å². The molecule has 0 bridgehead atoms. The molecule has 1 atom stereocenters. The molecule has 1 aromatic heterocycles. The van der Waals surface area contributed by atoms with Gasteiger partial charge in [-0.2, -0.15) is 5.26 Å². The average Bonchev–Trinajstić information content (AvgIpc) is 3.30. The first kappa shape index (κ1) is 27.2. The molecule has 2 N–H and O–H groups in total. The van der Waals surface area contributed by atoms with E-state index in [0.29, 0.717) is 18.7 Å². The highest BCUT2D eigenvalue weighted by Gasteiger charge is 2.21. The molecule has 0 radical (unpaired) electrons. The van der Waals surface area contributed by atoms with Gasteiger partial charge in [-0.3, -0.25) is 4.90 Å². The zero-order valence-corrected chi connectivity index (χ0v) is 22.6. The third-order valence-electron chi connectivity index (χ3n) is 6.67. The van der Waals surface area contributed by atoms with Crippen LogP contribution in [-0.2, 0) is 27.9 Å². The summed E-state index contributed by atoms with van der Waals surface area (Å²) in [5, 5.41) is 15.5. The molecular formula is C28H35N5O3S. The Morgan fingerprint density at radius 3 is 2.62 bits per heavy atom. The lowest BCUT2D eigenvalue weighted by molar-refractivity contribution is 0.0398. The number of rotatable bonds is 11. The molecule has 2 heterocycles. The van der Waals surface area contributed by atoms with Gasteiger partial charge in [0.15, 0.2) is 6.07 Å². The molecule has 37 heavy (non-hydrogen) atoms. The lowest BCUT2D eigenvalue weighted by Crippen LogP contribution is -2.38. The first-order chi connectivity index (χ1) is 18.0. The average molecular weight is 522 g/mol. The number of fused-ring (bicyclic) bond motifs is 1. The van der Waals surface area contributed by atoms with Crippen LogP contribution < -0.4 is 10.0 Å². The molecule has 1 fully saturated rings. The molecule has 3 aromatic rings. The number of nitrogens with one attached hydrogen (secondary N) is 2. The van der Waals surface area contributed by atoms with E-state index in [1.807, 2.05) is 30.7 Å². The Bertz CT molecular complexity index is 1280. The number of allylic oxidation sites excluding steroid dienone is 2. The second-order valence-electron chi connectivity index (χ2n) is 9.04. The van der Waals surface area contributed by atoms with E-state index in [2.05, 4.69) is 57.4 Å². The Morgan fingerprint density at radius 2 is 1.86 bits per heavy atom. The fourth-order valence-corrected chi connectivity index (χ4v) is 5.44. The Kier molecular flexibility index (Phi) is 9.63. The van der Waals surface area contributed by atoms with Gasteiger partial charge in [0.25, 0.3) is 4.91 Å². The molecule has 0 aliphatic carbocycles. The van der Waals surface area contributed by atoms with E-state index in [0.717, 1.165) is 67.4 Å². The van der Waals surface area contributed by atoms with Crippen molar-refractivity contribution in [1.29, 1.82) is 5.26 Å². The molecule has 4 rings (SSSR count). The highest BCUT2D eigenvalue weighted by Crippen LogP contribution is 2.30. The molecule has 1 aliphatic rings. The predicted octanol–water partition coefficient (Wildman–Crippen LogP) is 3.74. The van der Waals surface area contributed by atoms with Gasteiger partial charge in [-0.15, -0.1) is 4.72 Å². The fourth-order valence-electron chi connectivity index (χ4n) is 4.57. The largest absolute Gasteiger partial charge is 0.592 e. The Balaban J connectivity index is 1.48. The van der Waals surface area contributed by atoms with Gasteiger partial charge in [0, 0.05) is 63.0 Å². The topological polar surface area (TPSA) is 97.5 Å². The van der Waals surface area contributed by atoms with Crippen LogP contribution in [0.15, 0.2) is 53.4 Å². The number of hydrogen-bond donors (Lipinski definition) is 2. The first-order valence-corrected chi connectivity index (χ1v) is 13.7. The maximum absolute atomic E-state index is 12.6. The molecule has 2 aromatic carbocycles. The first-order valence-electron chi connectivity index (χ1n) is 12.5. The molecule has 9 heteroatoms. The fraction of sp³-hybridized carbons (Fsp3) is 0.393. The Hall–Kier alpha value is -2.84. The number of nitrogens with zero attached hydrogens (tertiary/aromatic N) is 3. The number of anilines is 1. The van der Waals surface area contributed by atoms with Crippen molar-refractivity contribution in [2.45, 2.75) is 6.92 Å². The number of benzene rings is 2. The molecule has 1 unspecified atom stereocenters. The predicted molar refractivity (Wildman–Crippen MR) is 150 cm³/mol. The zero-order chi connectivity index (χ0) is 26.2. The van der Waals surface area contributed by atoms with E-state index in [-0.39, 0.29) is 4.91 Å². The highest BCUT2D eigenvalue weighted by molar-refractivity contribution is 7.93. The smallest absolute Gasteiger partial charge is 0.255 e.